The van der Waals surface area contributed by atoms with Gasteiger partial charge < -0.3 is 24.8 Å². The Morgan fingerprint density at radius 1 is 0.355 bits per heavy atom. The van der Waals surface area contributed by atoms with Crippen molar-refractivity contribution in [1.82, 2.24) is 0 Å². The molecule has 8 aromatic rings. The van der Waals surface area contributed by atoms with Gasteiger partial charge in [-0.25, -0.2) is 0 Å². The van der Waals surface area contributed by atoms with Gasteiger partial charge in [-0.1, -0.05) is 303 Å². The Kier molecular flexibility index (Phi) is 24.2. The molecule has 8 aromatic carbocycles. The summed E-state index contributed by atoms with van der Waals surface area (Å²) in [6.07, 6.45) is 12.7. The number of hydrogen-bond acceptors (Lipinski definition) is 0. The maximum atomic E-state index is 2.46. The van der Waals surface area contributed by atoms with Crippen molar-refractivity contribution in [2.24, 2.45) is 0 Å². The van der Waals surface area contributed by atoms with Crippen LogP contribution in [0.4, 0.5) is 0 Å². The number of halogens is 2. The number of unbranched alkanes of at least 4 members (excludes halogenated alkanes) is 6. The van der Waals surface area contributed by atoms with E-state index < -0.39 is 0 Å². The smallest absolute Gasteiger partial charge is 1.00 e. The Labute approximate surface area is 490 Å². The van der Waals surface area contributed by atoms with Gasteiger partial charge in [0.05, 0.1) is 0 Å². The van der Waals surface area contributed by atoms with Crippen molar-refractivity contribution in [3.63, 3.8) is 0 Å². The van der Waals surface area contributed by atoms with Crippen LogP contribution in [0, 0.1) is 0 Å². The van der Waals surface area contributed by atoms with Gasteiger partial charge in [0, 0.05) is 0 Å². The molecule has 0 aliphatic rings. The molecule has 0 atom stereocenters. The zero-order chi connectivity index (χ0) is 54.0. The average Bonchev–Trinajstić information content (AvgIpc) is 3.98. The fourth-order valence-electron chi connectivity index (χ4n) is 10.1. The molecule has 0 radical (unpaired) electrons. The molecule has 0 saturated heterocycles. The minimum Gasteiger partial charge on any atom is -1.00 e. The molecule has 0 aliphatic carbocycles. The summed E-state index contributed by atoms with van der Waals surface area (Å²) in [6.45, 7) is 36.5. The second-order valence-corrected chi connectivity index (χ2v) is 35.0. The van der Waals surface area contributed by atoms with Gasteiger partial charge in [0.2, 0.25) is 0 Å². The molecule has 0 amide bonds. The SMILES string of the molecule is CCCCCCc1cc2c(-c3ccc(C(C)(C)C)cc3)ccc(-c3ccc(C(C)(C)C)cc3)c2[cH-]1.CCCCCCc1cc2c(-c3ccc(C(C)(C)C)cc3)ccc(-c3ccc(C(C)(C)C)cc3)c2[cH-]1.C[Si](C)=[Zr+2].[Cl-].[Cl-]. The van der Waals surface area contributed by atoms with Crippen molar-refractivity contribution in [3.05, 3.63) is 179 Å². The fraction of sp³-hybridized carbons (Fsp3) is 0.417. The first-order valence-corrected chi connectivity index (χ1v) is 34.5. The van der Waals surface area contributed by atoms with E-state index in [2.05, 4.69) is 256 Å². The molecule has 0 bridgehead atoms. The molecule has 0 saturated carbocycles. The van der Waals surface area contributed by atoms with Crippen LogP contribution in [0.2, 0.25) is 13.1 Å². The maximum absolute atomic E-state index is 2.46. The first-order valence-electron chi connectivity index (χ1n) is 28.3. The third kappa shape index (κ3) is 17.6. The third-order valence-electron chi connectivity index (χ3n) is 14.8. The van der Waals surface area contributed by atoms with Crippen LogP contribution in [0.15, 0.2) is 146 Å². The van der Waals surface area contributed by atoms with E-state index in [4.69, 9.17) is 0 Å². The number of aryl methyl sites for hydroxylation is 2. The summed E-state index contributed by atoms with van der Waals surface area (Å²) in [4.78, 5) is 0. The van der Waals surface area contributed by atoms with E-state index in [1.165, 1.54) is 164 Å². The zero-order valence-electron chi connectivity index (χ0n) is 49.7. The van der Waals surface area contributed by atoms with Gasteiger partial charge in [0.1, 0.15) is 0 Å². The molecule has 0 N–H and O–H groups in total. The van der Waals surface area contributed by atoms with Crippen molar-refractivity contribution < 1.29 is 48.1 Å². The van der Waals surface area contributed by atoms with E-state index in [-0.39, 0.29) is 51.9 Å². The first-order chi connectivity index (χ1) is 34.9. The normalized spacial score (nSPS) is 11.8. The summed E-state index contributed by atoms with van der Waals surface area (Å²) < 4.78 is 0. The molecule has 404 valence electrons. The van der Waals surface area contributed by atoms with Crippen LogP contribution in [-0.2, 0) is 57.8 Å². The first kappa shape index (κ1) is 64.7. The molecular formula is C72H92Cl2SiZr-2. The Hall–Kier alpha value is -3.78. The molecule has 76 heavy (non-hydrogen) atoms. The number of benzene rings is 6. The van der Waals surface area contributed by atoms with E-state index in [1.54, 1.807) is 23.3 Å². The van der Waals surface area contributed by atoms with Crippen LogP contribution in [0.3, 0.4) is 0 Å². The Balaban J connectivity index is 0.000000299. The summed E-state index contributed by atoms with van der Waals surface area (Å²) in [5.74, 6) is 0. The van der Waals surface area contributed by atoms with Crippen LogP contribution >= 0.6 is 0 Å². The van der Waals surface area contributed by atoms with Crippen LogP contribution in [0.25, 0.3) is 66.1 Å². The molecular weight excluding hydrogens is 1060 g/mol. The van der Waals surface area contributed by atoms with Crippen molar-refractivity contribution in [3.8, 4) is 44.5 Å². The maximum Gasteiger partial charge on any atom is -1.00 e. The standard InChI is InChI=1S/2C35H43.C2H6Si.2ClH.Zr/c2*1-8-9-10-11-12-25-23-32-30(26-13-17-28(18-14-26)34(2,3)4)21-22-31(33(32)24-25)27-15-19-29(20-16-27)35(5,6)7;1-3-2;;;/h2*13-24H,8-12H2,1-7H3;1-2H3;2*1H;/q2*-1;;;;+2/p-2. The minimum absolute atomic E-state index is 0. The molecule has 0 aromatic heterocycles. The van der Waals surface area contributed by atoms with E-state index in [0.717, 1.165) is 0 Å². The molecule has 0 aliphatic heterocycles. The molecule has 0 unspecified atom stereocenters. The van der Waals surface area contributed by atoms with Gasteiger partial charge in [0.15, 0.2) is 0 Å². The second-order valence-electron chi connectivity index (χ2n) is 25.6. The monoisotopic (exact) mass is 1140 g/mol. The van der Waals surface area contributed by atoms with Crippen molar-refractivity contribution in [2.45, 2.75) is 196 Å². The third-order valence-corrected chi connectivity index (χ3v) is 14.8. The van der Waals surface area contributed by atoms with Crippen molar-refractivity contribution >= 4 is 27.0 Å². The van der Waals surface area contributed by atoms with Crippen LogP contribution in [-0.4, -0.2) is 5.43 Å². The van der Waals surface area contributed by atoms with Crippen molar-refractivity contribution in [1.29, 1.82) is 0 Å². The summed E-state index contributed by atoms with van der Waals surface area (Å²) in [5, 5.41) is 5.54. The molecule has 0 nitrogen and oxygen atoms in total. The molecule has 8 rings (SSSR count). The minimum atomic E-state index is 0. The molecule has 4 heteroatoms. The van der Waals surface area contributed by atoms with Gasteiger partial charge in [-0.3, -0.25) is 0 Å². The molecule has 0 heterocycles. The van der Waals surface area contributed by atoms with Gasteiger partial charge in [-0.2, -0.15) is 12.1 Å². The van der Waals surface area contributed by atoms with Crippen LogP contribution < -0.4 is 24.8 Å². The predicted molar refractivity (Wildman–Crippen MR) is 329 cm³/mol. The second kappa shape index (κ2) is 28.4. The summed E-state index contributed by atoms with van der Waals surface area (Å²) in [5.41, 5.74) is 20.0. The van der Waals surface area contributed by atoms with Crippen molar-refractivity contribution in [2.75, 3.05) is 0 Å². The summed E-state index contributed by atoms with van der Waals surface area (Å²) in [6, 6.07) is 56.0. The summed E-state index contributed by atoms with van der Waals surface area (Å²) in [7, 11) is 0. The quantitative estimate of drug-likeness (QED) is 0.0578. The fourth-order valence-corrected chi connectivity index (χ4v) is 10.1. The zero-order valence-corrected chi connectivity index (χ0v) is 54.7. The Bertz CT molecular complexity index is 2650. The van der Waals surface area contributed by atoms with E-state index in [1.807, 2.05) is 0 Å². The van der Waals surface area contributed by atoms with Gasteiger partial charge >= 0.3 is 41.9 Å². The van der Waals surface area contributed by atoms with Gasteiger partial charge in [-0.05, 0) is 67.9 Å². The topological polar surface area (TPSA) is 0 Å². The molecule has 0 fully saturated rings. The number of hydrogen-bond donors (Lipinski definition) is 0. The number of rotatable bonds is 14. The van der Waals surface area contributed by atoms with E-state index in [9.17, 15) is 0 Å². The van der Waals surface area contributed by atoms with E-state index in [0.29, 0.717) is 0 Å². The summed E-state index contributed by atoms with van der Waals surface area (Å²) >= 11 is 1.74. The predicted octanol–water partition coefficient (Wildman–Crippen LogP) is 16.0. The van der Waals surface area contributed by atoms with E-state index >= 15 is 0 Å². The Morgan fingerprint density at radius 2 is 0.592 bits per heavy atom. The van der Waals surface area contributed by atoms with Crippen LogP contribution in [0.5, 0.6) is 0 Å². The average molecular weight is 1150 g/mol. The molecule has 0 spiro atoms. The van der Waals surface area contributed by atoms with Gasteiger partial charge in [0.25, 0.3) is 0 Å². The van der Waals surface area contributed by atoms with Gasteiger partial charge in [-0.15, -0.1) is 44.8 Å². The Morgan fingerprint density at radius 3 is 0.829 bits per heavy atom. The largest absolute Gasteiger partial charge is 1.00 e. The number of fused-ring (bicyclic) bond motifs is 2. The van der Waals surface area contributed by atoms with Crippen LogP contribution in [0.1, 0.15) is 182 Å².